The molecule has 2 N–H and O–H groups in total. The van der Waals surface area contributed by atoms with Crippen LogP contribution in [-0.2, 0) is 11.2 Å². The second-order valence-electron chi connectivity index (χ2n) is 4.50. The number of ether oxygens (including phenoxy) is 1. The van der Waals surface area contributed by atoms with Gasteiger partial charge >= 0.3 is 0 Å². The summed E-state index contributed by atoms with van der Waals surface area (Å²) in [5.74, 6) is 0. The lowest BCUT2D eigenvalue weighted by molar-refractivity contribution is 0.0761. The van der Waals surface area contributed by atoms with Gasteiger partial charge in [-0.3, -0.25) is 0 Å². The molecule has 4 heteroatoms. The maximum Gasteiger partial charge on any atom is 0.121 e. The van der Waals surface area contributed by atoms with Crippen LogP contribution in [0.25, 0.3) is 0 Å². The van der Waals surface area contributed by atoms with E-state index < -0.39 is 0 Å². The van der Waals surface area contributed by atoms with E-state index in [1.807, 2.05) is 32.0 Å². The number of thiazole rings is 1. The van der Waals surface area contributed by atoms with Gasteiger partial charge in [-0.25, -0.2) is 4.98 Å². The Balaban J connectivity index is 2.00. The molecule has 0 aliphatic rings. The number of hydrogen-bond donors (Lipinski definition) is 1. The Morgan fingerprint density at radius 2 is 2.05 bits per heavy atom. The fourth-order valence-electron chi connectivity index (χ4n) is 1.97. The quantitative estimate of drug-likeness (QED) is 0.878. The van der Waals surface area contributed by atoms with Crippen molar-refractivity contribution in [2.75, 3.05) is 6.61 Å². The Labute approximate surface area is 118 Å². The molecule has 1 aromatic carbocycles. The van der Waals surface area contributed by atoms with Gasteiger partial charge in [0.05, 0.1) is 5.69 Å². The number of aromatic nitrogens is 1. The van der Waals surface area contributed by atoms with Crippen LogP contribution in [0.2, 0.25) is 0 Å². The van der Waals surface area contributed by atoms with E-state index in [1.54, 1.807) is 11.3 Å². The van der Waals surface area contributed by atoms with Crippen molar-refractivity contribution in [3.63, 3.8) is 0 Å². The second-order valence-corrected chi connectivity index (χ2v) is 5.39. The van der Waals surface area contributed by atoms with Crippen LogP contribution in [0.3, 0.4) is 0 Å². The molecule has 0 bridgehead atoms. The number of rotatable bonds is 6. The standard InChI is InChI=1S/C15H20N2OS/c1-3-18-11(2)15-17-13(10-19-15)9-14(16)12-7-5-4-6-8-12/h4-8,10-11,14H,3,9,16H2,1-2H3. The molecule has 2 unspecified atom stereocenters. The first kappa shape index (κ1) is 14.2. The molecule has 0 amide bonds. The third-order valence-electron chi connectivity index (χ3n) is 2.99. The average Bonchev–Trinajstić information content (AvgIpc) is 2.88. The summed E-state index contributed by atoms with van der Waals surface area (Å²) >= 11 is 1.64. The molecule has 2 atom stereocenters. The summed E-state index contributed by atoms with van der Waals surface area (Å²) in [5.41, 5.74) is 8.40. The van der Waals surface area contributed by atoms with Gasteiger partial charge in [0, 0.05) is 24.4 Å². The predicted octanol–water partition coefficient (Wildman–Crippen LogP) is 3.48. The van der Waals surface area contributed by atoms with Crippen LogP contribution in [0, 0.1) is 0 Å². The van der Waals surface area contributed by atoms with E-state index in [0.29, 0.717) is 6.61 Å². The Morgan fingerprint density at radius 3 is 2.74 bits per heavy atom. The molecule has 0 saturated carbocycles. The van der Waals surface area contributed by atoms with Crippen LogP contribution in [0.1, 0.15) is 42.3 Å². The van der Waals surface area contributed by atoms with Crippen LogP contribution >= 0.6 is 11.3 Å². The SMILES string of the molecule is CCOC(C)c1nc(CC(N)c2ccccc2)cs1. The second kappa shape index (κ2) is 6.80. The van der Waals surface area contributed by atoms with Crippen LogP contribution in [0.5, 0.6) is 0 Å². The summed E-state index contributed by atoms with van der Waals surface area (Å²) in [7, 11) is 0. The molecule has 0 saturated heterocycles. The maximum absolute atomic E-state index is 6.20. The molecular weight excluding hydrogens is 256 g/mol. The van der Waals surface area contributed by atoms with Crippen LogP contribution < -0.4 is 5.73 Å². The summed E-state index contributed by atoms with van der Waals surface area (Å²) < 4.78 is 5.55. The Morgan fingerprint density at radius 1 is 1.32 bits per heavy atom. The van der Waals surface area contributed by atoms with E-state index >= 15 is 0 Å². The highest BCUT2D eigenvalue weighted by molar-refractivity contribution is 7.09. The predicted molar refractivity (Wildman–Crippen MR) is 79.2 cm³/mol. The van der Waals surface area contributed by atoms with Gasteiger partial charge in [-0.05, 0) is 19.4 Å². The van der Waals surface area contributed by atoms with Gasteiger partial charge in [-0.1, -0.05) is 30.3 Å². The van der Waals surface area contributed by atoms with Crippen molar-refractivity contribution in [1.82, 2.24) is 4.98 Å². The third kappa shape index (κ3) is 3.86. The van der Waals surface area contributed by atoms with E-state index in [2.05, 4.69) is 22.5 Å². The van der Waals surface area contributed by atoms with Gasteiger partial charge in [0.25, 0.3) is 0 Å². The minimum atomic E-state index is -0.00134. The Kier molecular flexibility index (Phi) is 5.07. The highest BCUT2D eigenvalue weighted by Gasteiger charge is 2.13. The average molecular weight is 276 g/mol. The third-order valence-corrected chi connectivity index (χ3v) is 4.05. The van der Waals surface area contributed by atoms with Gasteiger partial charge in [-0.15, -0.1) is 11.3 Å². The lowest BCUT2D eigenvalue weighted by Gasteiger charge is -2.10. The van der Waals surface area contributed by atoms with Crippen LogP contribution in [0.4, 0.5) is 0 Å². The monoisotopic (exact) mass is 276 g/mol. The number of nitrogens with zero attached hydrogens (tertiary/aromatic N) is 1. The molecule has 2 rings (SSSR count). The van der Waals surface area contributed by atoms with Crippen LogP contribution in [0.15, 0.2) is 35.7 Å². The van der Waals surface area contributed by atoms with Crippen molar-refractivity contribution >= 4 is 11.3 Å². The number of hydrogen-bond acceptors (Lipinski definition) is 4. The van der Waals surface area contributed by atoms with E-state index in [4.69, 9.17) is 10.5 Å². The van der Waals surface area contributed by atoms with Crippen molar-refractivity contribution in [3.8, 4) is 0 Å². The van der Waals surface area contributed by atoms with Gasteiger partial charge in [0.2, 0.25) is 0 Å². The lowest BCUT2D eigenvalue weighted by atomic mass is 10.0. The molecule has 0 spiro atoms. The molecule has 0 radical (unpaired) electrons. The van der Waals surface area contributed by atoms with E-state index in [1.165, 1.54) is 0 Å². The first-order valence-corrected chi connectivity index (χ1v) is 7.45. The summed E-state index contributed by atoms with van der Waals surface area (Å²) in [4.78, 5) is 4.61. The molecule has 102 valence electrons. The molecule has 1 aromatic heterocycles. The topological polar surface area (TPSA) is 48.1 Å². The molecule has 1 heterocycles. The fourth-order valence-corrected chi connectivity index (χ4v) is 2.80. The largest absolute Gasteiger partial charge is 0.372 e. The summed E-state index contributed by atoms with van der Waals surface area (Å²) in [6.45, 7) is 4.74. The smallest absolute Gasteiger partial charge is 0.121 e. The molecular formula is C15H20N2OS. The molecule has 0 fully saturated rings. The maximum atomic E-state index is 6.20. The first-order chi connectivity index (χ1) is 9.20. The van der Waals surface area contributed by atoms with Crippen molar-refractivity contribution < 1.29 is 4.74 Å². The summed E-state index contributed by atoms with van der Waals surface area (Å²) in [6, 6.07) is 10.1. The normalized spacial score (nSPS) is 14.3. The van der Waals surface area contributed by atoms with Gasteiger partial charge < -0.3 is 10.5 Å². The molecule has 2 aromatic rings. The number of benzene rings is 1. The van der Waals surface area contributed by atoms with Crippen molar-refractivity contribution in [2.45, 2.75) is 32.4 Å². The Hall–Kier alpha value is -1.23. The minimum absolute atomic E-state index is 0.00134. The van der Waals surface area contributed by atoms with E-state index in [0.717, 1.165) is 22.7 Å². The zero-order valence-corrected chi connectivity index (χ0v) is 12.2. The molecule has 19 heavy (non-hydrogen) atoms. The van der Waals surface area contributed by atoms with Crippen LogP contribution in [-0.4, -0.2) is 11.6 Å². The Bertz CT molecular complexity index is 498. The molecule has 3 nitrogen and oxygen atoms in total. The van der Waals surface area contributed by atoms with Gasteiger partial charge in [-0.2, -0.15) is 0 Å². The van der Waals surface area contributed by atoms with E-state index in [-0.39, 0.29) is 12.1 Å². The molecule has 0 aliphatic carbocycles. The summed E-state index contributed by atoms with van der Waals surface area (Å²) in [6.07, 6.45) is 0.830. The zero-order chi connectivity index (χ0) is 13.7. The van der Waals surface area contributed by atoms with Crippen molar-refractivity contribution in [2.24, 2.45) is 5.73 Å². The van der Waals surface area contributed by atoms with Gasteiger partial charge in [0.15, 0.2) is 0 Å². The highest BCUT2D eigenvalue weighted by atomic mass is 32.1. The van der Waals surface area contributed by atoms with E-state index in [9.17, 15) is 0 Å². The summed E-state index contributed by atoms with van der Waals surface area (Å²) in [5, 5.41) is 3.10. The number of nitrogens with two attached hydrogens (primary N) is 1. The van der Waals surface area contributed by atoms with Gasteiger partial charge in [0.1, 0.15) is 11.1 Å². The van der Waals surface area contributed by atoms with Crippen molar-refractivity contribution in [1.29, 1.82) is 0 Å². The lowest BCUT2D eigenvalue weighted by Crippen LogP contribution is -2.13. The highest BCUT2D eigenvalue weighted by Crippen LogP contribution is 2.23. The first-order valence-electron chi connectivity index (χ1n) is 6.57. The minimum Gasteiger partial charge on any atom is -0.372 e. The zero-order valence-electron chi connectivity index (χ0n) is 11.4. The molecule has 0 aliphatic heterocycles. The fraction of sp³-hybridized carbons (Fsp3) is 0.400. The van der Waals surface area contributed by atoms with Crippen molar-refractivity contribution in [3.05, 3.63) is 52.0 Å².